The summed E-state index contributed by atoms with van der Waals surface area (Å²) in [6, 6.07) is 7.39. The smallest absolute Gasteiger partial charge is 0.312 e. The van der Waals surface area contributed by atoms with E-state index in [4.69, 9.17) is 0 Å². The number of carbonyl (C=O) groups is 1. The van der Waals surface area contributed by atoms with Gasteiger partial charge in [-0.1, -0.05) is 12.1 Å². The van der Waals surface area contributed by atoms with Gasteiger partial charge in [0.15, 0.2) is 5.75 Å². The Balaban J connectivity index is 2.30. The zero-order chi connectivity index (χ0) is 14.7. The highest BCUT2D eigenvalue weighted by atomic mass is 32.1. The molecule has 2 aromatic rings. The van der Waals surface area contributed by atoms with E-state index >= 15 is 0 Å². The van der Waals surface area contributed by atoms with Gasteiger partial charge in [-0.25, -0.2) is 0 Å². The fourth-order valence-electron chi connectivity index (χ4n) is 1.88. The number of aromatic hydroxyl groups is 1. The van der Waals surface area contributed by atoms with Crippen LogP contribution in [0.15, 0.2) is 35.7 Å². The van der Waals surface area contributed by atoms with Crippen molar-refractivity contribution in [3.8, 4) is 5.75 Å². The molecule has 0 amide bonds. The van der Waals surface area contributed by atoms with Gasteiger partial charge in [-0.2, -0.15) is 0 Å². The third kappa shape index (κ3) is 2.94. The number of nitrogens with zero attached hydrogens (tertiary/aromatic N) is 1. The molecule has 0 spiro atoms. The van der Waals surface area contributed by atoms with Gasteiger partial charge >= 0.3 is 11.7 Å². The summed E-state index contributed by atoms with van der Waals surface area (Å²) in [5.41, 5.74) is 0.0770. The number of hydrogen-bond donors (Lipinski definition) is 2. The molecule has 2 rings (SSSR count). The van der Waals surface area contributed by atoms with Crippen molar-refractivity contribution in [1.82, 2.24) is 0 Å². The molecule has 0 bridgehead atoms. The van der Waals surface area contributed by atoms with E-state index in [1.807, 2.05) is 0 Å². The molecule has 1 unspecified atom stereocenters. The van der Waals surface area contributed by atoms with Crippen molar-refractivity contribution in [1.29, 1.82) is 0 Å². The maximum absolute atomic E-state index is 11.3. The summed E-state index contributed by atoms with van der Waals surface area (Å²) in [7, 11) is 0. The van der Waals surface area contributed by atoms with Crippen LogP contribution in [-0.2, 0) is 11.2 Å². The summed E-state index contributed by atoms with van der Waals surface area (Å²) in [6.07, 6.45) is 0.136. The van der Waals surface area contributed by atoms with Crippen molar-refractivity contribution in [2.75, 3.05) is 0 Å². The first-order valence-corrected chi connectivity index (χ1v) is 6.59. The minimum Gasteiger partial charge on any atom is -0.502 e. The van der Waals surface area contributed by atoms with Crippen molar-refractivity contribution in [2.45, 2.75) is 12.3 Å². The van der Waals surface area contributed by atoms with Crippen LogP contribution in [0.5, 0.6) is 5.75 Å². The van der Waals surface area contributed by atoms with Gasteiger partial charge in [-0.15, -0.1) is 11.3 Å². The first kappa shape index (κ1) is 14.0. The Labute approximate surface area is 118 Å². The maximum atomic E-state index is 11.3. The number of aliphatic carboxylic acids is 1. The molecule has 1 atom stereocenters. The molecule has 104 valence electrons. The Bertz CT molecular complexity index is 638. The second-order valence-electron chi connectivity index (χ2n) is 4.19. The second kappa shape index (κ2) is 5.70. The first-order valence-electron chi connectivity index (χ1n) is 5.71. The van der Waals surface area contributed by atoms with Crippen LogP contribution in [0.4, 0.5) is 5.69 Å². The van der Waals surface area contributed by atoms with E-state index in [0.717, 1.165) is 0 Å². The van der Waals surface area contributed by atoms with Gasteiger partial charge in [-0.05, 0) is 29.5 Å². The van der Waals surface area contributed by atoms with Crippen LogP contribution in [0, 0.1) is 10.1 Å². The number of rotatable bonds is 5. The zero-order valence-electron chi connectivity index (χ0n) is 10.2. The minimum atomic E-state index is -0.983. The van der Waals surface area contributed by atoms with Crippen molar-refractivity contribution in [3.05, 3.63) is 56.3 Å². The minimum absolute atomic E-state index is 0.136. The number of nitro groups is 1. The second-order valence-corrected chi connectivity index (χ2v) is 5.17. The first-order chi connectivity index (χ1) is 9.49. The molecule has 6 nitrogen and oxygen atoms in total. The fraction of sp³-hybridized carbons (Fsp3) is 0.154. The summed E-state index contributed by atoms with van der Waals surface area (Å²) >= 11 is 1.33. The van der Waals surface area contributed by atoms with Crippen molar-refractivity contribution >= 4 is 23.0 Å². The summed E-state index contributed by atoms with van der Waals surface area (Å²) in [4.78, 5) is 22.1. The lowest BCUT2D eigenvalue weighted by molar-refractivity contribution is -0.385. The molecule has 20 heavy (non-hydrogen) atoms. The van der Waals surface area contributed by atoms with E-state index < -0.39 is 28.2 Å². The lowest BCUT2D eigenvalue weighted by Gasteiger charge is -2.10. The van der Waals surface area contributed by atoms with E-state index in [1.165, 1.54) is 29.5 Å². The van der Waals surface area contributed by atoms with E-state index in [1.54, 1.807) is 17.5 Å². The van der Waals surface area contributed by atoms with Crippen LogP contribution in [0.2, 0.25) is 0 Å². The Morgan fingerprint density at radius 1 is 1.40 bits per heavy atom. The highest BCUT2D eigenvalue weighted by molar-refractivity contribution is 7.10. The van der Waals surface area contributed by atoms with E-state index in [9.17, 15) is 25.1 Å². The molecular formula is C13H11NO5S. The molecule has 0 aliphatic rings. The third-order valence-corrected chi connectivity index (χ3v) is 3.85. The fourth-order valence-corrected chi connectivity index (χ4v) is 2.70. The number of carboxylic acid groups (broad SMARTS) is 1. The third-order valence-electron chi connectivity index (χ3n) is 2.86. The van der Waals surface area contributed by atoms with Crippen LogP contribution in [0.3, 0.4) is 0 Å². The molecule has 2 N–H and O–H groups in total. The largest absolute Gasteiger partial charge is 0.502 e. The number of thiophene rings is 1. The summed E-state index contributed by atoms with van der Waals surface area (Å²) in [6.45, 7) is 0. The highest BCUT2D eigenvalue weighted by Crippen LogP contribution is 2.30. The van der Waals surface area contributed by atoms with Crippen LogP contribution < -0.4 is 0 Å². The molecule has 0 radical (unpaired) electrons. The molecule has 0 aliphatic heterocycles. The molecule has 0 saturated heterocycles. The molecule has 0 saturated carbocycles. The summed E-state index contributed by atoms with van der Waals surface area (Å²) < 4.78 is 0. The Hall–Kier alpha value is -2.41. The predicted molar refractivity (Wildman–Crippen MR) is 73.2 cm³/mol. The summed E-state index contributed by atoms with van der Waals surface area (Å²) in [5.74, 6) is -2.16. The Morgan fingerprint density at radius 2 is 2.15 bits per heavy atom. The van der Waals surface area contributed by atoms with E-state index in [0.29, 0.717) is 10.4 Å². The number of phenols is 1. The topological polar surface area (TPSA) is 101 Å². The van der Waals surface area contributed by atoms with Gasteiger partial charge in [-0.3, -0.25) is 14.9 Å². The van der Waals surface area contributed by atoms with Crippen molar-refractivity contribution in [2.24, 2.45) is 0 Å². The monoisotopic (exact) mass is 293 g/mol. The predicted octanol–water partition coefficient (Wildman–Crippen LogP) is 2.77. The van der Waals surface area contributed by atoms with Crippen LogP contribution in [0.25, 0.3) is 0 Å². The van der Waals surface area contributed by atoms with Gasteiger partial charge in [0.2, 0.25) is 0 Å². The maximum Gasteiger partial charge on any atom is 0.312 e. The molecule has 1 aromatic heterocycles. The quantitative estimate of drug-likeness (QED) is 0.652. The number of nitro benzene ring substituents is 1. The Morgan fingerprint density at radius 3 is 2.70 bits per heavy atom. The van der Waals surface area contributed by atoms with Gasteiger partial charge in [0.05, 0.1) is 10.8 Å². The van der Waals surface area contributed by atoms with Gasteiger partial charge in [0, 0.05) is 10.9 Å². The highest BCUT2D eigenvalue weighted by Gasteiger charge is 2.23. The molecule has 0 fully saturated rings. The van der Waals surface area contributed by atoms with E-state index in [-0.39, 0.29) is 6.42 Å². The number of phenolic OH excluding ortho intramolecular Hbond substituents is 1. The zero-order valence-corrected chi connectivity index (χ0v) is 11.0. The van der Waals surface area contributed by atoms with Crippen LogP contribution in [0.1, 0.15) is 16.4 Å². The SMILES string of the molecule is O=C(O)C(Cc1ccc(O)c([N+](=O)[O-])c1)c1cccs1. The Kier molecular flexibility index (Phi) is 3.99. The van der Waals surface area contributed by atoms with Crippen LogP contribution >= 0.6 is 11.3 Å². The molecule has 7 heteroatoms. The van der Waals surface area contributed by atoms with E-state index in [2.05, 4.69) is 0 Å². The average molecular weight is 293 g/mol. The average Bonchev–Trinajstić information content (AvgIpc) is 2.90. The summed E-state index contributed by atoms with van der Waals surface area (Å²) in [5, 5.41) is 31.2. The number of benzene rings is 1. The lowest BCUT2D eigenvalue weighted by Crippen LogP contribution is -2.13. The number of hydrogen-bond acceptors (Lipinski definition) is 5. The number of carboxylic acids is 1. The molecule has 1 heterocycles. The molecular weight excluding hydrogens is 282 g/mol. The van der Waals surface area contributed by atoms with Gasteiger partial charge in [0.1, 0.15) is 0 Å². The normalized spacial score (nSPS) is 12.0. The van der Waals surface area contributed by atoms with Gasteiger partial charge in [0.25, 0.3) is 0 Å². The van der Waals surface area contributed by atoms with Crippen LogP contribution in [-0.4, -0.2) is 21.1 Å². The molecule has 1 aromatic carbocycles. The van der Waals surface area contributed by atoms with Crippen molar-refractivity contribution < 1.29 is 19.9 Å². The standard InChI is InChI=1S/C13H11NO5S/c15-11-4-3-8(7-10(11)14(18)19)6-9(13(16)17)12-2-1-5-20-12/h1-5,7,9,15H,6H2,(H,16,17). The lowest BCUT2D eigenvalue weighted by atomic mass is 9.97. The molecule has 0 aliphatic carbocycles. The van der Waals surface area contributed by atoms with Gasteiger partial charge < -0.3 is 10.2 Å². The van der Waals surface area contributed by atoms with Crippen molar-refractivity contribution in [3.63, 3.8) is 0 Å².